The number of amides is 1. The first-order chi connectivity index (χ1) is 11.3. The minimum Gasteiger partial charge on any atom is -0.489 e. The predicted octanol–water partition coefficient (Wildman–Crippen LogP) is 2.87. The maximum absolute atomic E-state index is 11.8. The molecule has 0 bridgehead atoms. The first-order valence-corrected chi connectivity index (χ1v) is 8.65. The highest BCUT2D eigenvalue weighted by Gasteiger charge is 2.19. The Kier molecular flexibility index (Phi) is 5.32. The van der Waals surface area contributed by atoms with Crippen molar-refractivity contribution in [2.75, 3.05) is 11.5 Å². The molecule has 0 aromatic heterocycles. The van der Waals surface area contributed by atoms with Gasteiger partial charge in [-0.15, -0.1) is 0 Å². The van der Waals surface area contributed by atoms with Crippen molar-refractivity contribution in [3.63, 3.8) is 0 Å². The second-order valence-corrected chi connectivity index (χ2v) is 6.38. The van der Waals surface area contributed by atoms with Crippen molar-refractivity contribution in [1.29, 1.82) is 0 Å². The Hall–Kier alpha value is -2.27. The second-order valence-electron chi connectivity index (χ2n) is 5.30. The summed E-state index contributed by atoms with van der Waals surface area (Å²) >= 11 is 1.90. The summed E-state index contributed by atoms with van der Waals surface area (Å²) in [4.78, 5) is 11.8. The Balaban J connectivity index is 1.46. The summed E-state index contributed by atoms with van der Waals surface area (Å²) in [6.07, 6.45) is 2.30. The normalized spacial score (nSPS) is 14.4. The first-order valence-electron chi connectivity index (χ1n) is 7.50. The highest BCUT2D eigenvalue weighted by Crippen LogP contribution is 2.23. The number of carbonyl (C=O) groups excluding carboxylic acids is 1. The van der Waals surface area contributed by atoms with Crippen molar-refractivity contribution in [1.82, 2.24) is 5.43 Å². The van der Waals surface area contributed by atoms with Gasteiger partial charge in [0.15, 0.2) is 0 Å². The number of thioether (sulfide) groups is 1. The van der Waals surface area contributed by atoms with Crippen LogP contribution in [0.4, 0.5) is 0 Å². The molecule has 1 saturated heterocycles. The lowest BCUT2D eigenvalue weighted by Gasteiger charge is -2.25. The van der Waals surface area contributed by atoms with E-state index >= 15 is 0 Å². The highest BCUT2D eigenvalue weighted by molar-refractivity contribution is 8.00. The van der Waals surface area contributed by atoms with E-state index in [1.807, 2.05) is 66.4 Å². The lowest BCUT2D eigenvalue weighted by atomic mass is 10.1. The Morgan fingerprint density at radius 2 is 1.91 bits per heavy atom. The summed E-state index contributed by atoms with van der Waals surface area (Å²) < 4.78 is 5.78. The van der Waals surface area contributed by atoms with Gasteiger partial charge in [-0.2, -0.15) is 16.9 Å². The average molecular weight is 326 g/mol. The number of carbonyl (C=O) groups is 1. The van der Waals surface area contributed by atoms with Gasteiger partial charge in [-0.25, -0.2) is 5.43 Å². The van der Waals surface area contributed by atoms with Crippen LogP contribution >= 0.6 is 11.8 Å². The molecular formula is C18H18N2O2S. The van der Waals surface area contributed by atoms with Gasteiger partial charge in [-0.1, -0.05) is 30.3 Å². The molecular weight excluding hydrogens is 308 g/mol. The predicted molar refractivity (Wildman–Crippen MR) is 94.1 cm³/mol. The third-order valence-corrected chi connectivity index (χ3v) is 4.62. The molecule has 1 fully saturated rings. The molecule has 3 rings (SSSR count). The van der Waals surface area contributed by atoms with E-state index in [1.165, 1.54) is 0 Å². The van der Waals surface area contributed by atoms with E-state index in [9.17, 15) is 4.79 Å². The smallest absolute Gasteiger partial charge is 0.244 e. The van der Waals surface area contributed by atoms with E-state index < -0.39 is 0 Å². The zero-order chi connectivity index (χ0) is 15.9. The van der Waals surface area contributed by atoms with Crippen molar-refractivity contribution >= 4 is 23.9 Å². The molecule has 1 aliphatic heterocycles. The second kappa shape index (κ2) is 7.83. The third-order valence-electron chi connectivity index (χ3n) is 3.40. The zero-order valence-corrected chi connectivity index (χ0v) is 13.5. The molecule has 0 aliphatic carbocycles. The SMILES string of the molecule is O=C(Cc1ccccc1)N/N=C\c1ccc(OC2CSC2)cc1. The standard InChI is InChI=1S/C18H18N2O2S/c21-18(10-14-4-2-1-3-5-14)20-19-11-15-6-8-16(9-7-15)22-17-12-23-13-17/h1-9,11,17H,10,12-13H2,(H,20,21)/b19-11-. The van der Waals surface area contributed by atoms with Gasteiger partial charge in [0.1, 0.15) is 11.9 Å². The molecule has 2 aromatic carbocycles. The minimum absolute atomic E-state index is 0.130. The number of hydrogen-bond acceptors (Lipinski definition) is 4. The van der Waals surface area contributed by atoms with Gasteiger partial charge in [0.05, 0.1) is 12.6 Å². The fraction of sp³-hybridized carbons (Fsp3) is 0.222. The Morgan fingerprint density at radius 3 is 2.57 bits per heavy atom. The topological polar surface area (TPSA) is 50.7 Å². The summed E-state index contributed by atoms with van der Waals surface area (Å²) in [7, 11) is 0. The van der Waals surface area contributed by atoms with Gasteiger partial charge in [0, 0.05) is 11.5 Å². The molecule has 118 valence electrons. The van der Waals surface area contributed by atoms with Gasteiger partial charge in [-0.05, 0) is 35.4 Å². The Labute approximate surface area is 139 Å². The van der Waals surface area contributed by atoms with E-state index in [0.29, 0.717) is 12.5 Å². The molecule has 0 saturated carbocycles. The number of ether oxygens (including phenoxy) is 1. The Bertz CT molecular complexity index is 667. The molecule has 2 aromatic rings. The van der Waals surface area contributed by atoms with Crippen LogP contribution in [0.1, 0.15) is 11.1 Å². The molecule has 23 heavy (non-hydrogen) atoms. The summed E-state index contributed by atoms with van der Waals surface area (Å²) in [5.41, 5.74) is 4.43. The van der Waals surface area contributed by atoms with Crippen LogP contribution in [0.2, 0.25) is 0 Å². The maximum atomic E-state index is 11.8. The van der Waals surface area contributed by atoms with E-state index in [4.69, 9.17) is 4.74 Å². The molecule has 4 nitrogen and oxygen atoms in total. The lowest BCUT2D eigenvalue weighted by Crippen LogP contribution is -2.30. The van der Waals surface area contributed by atoms with Crippen LogP contribution in [0.5, 0.6) is 5.75 Å². The third kappa shape index (κ3) is 4.86. The van der Waals surface area contributed by atoms with Gasteiger partial charge in [0.25, 0.3) is 0 Å². The van der Waals surface area contributed by atoms with Crippen molar-refractivity contribution in [2.45, 2.75) is 12.5 Å². The van der Waals surface area contributed by atoms with Crippen molar-refractivity contribution in [3.05, 3.63) is 65.7 Å². The number of nitrogens with zero attached hydrogens (tertiary/aromatic N) is 1. The van der Waals surface area contributed by atoms with E-state index in [2.05, 4.69) is 10.5 Å². The van der Waals surface area contributed by atoms with Crippen LogP contribution < -0.4 is 10.2 Å². The van der Waals surface area contributed by atoms with Gasteiger partial charge >= 0.3 is 0 Å². The molecule has 5 heteroatoms. The number of hydrazone groups is 1. The molecule has 0 unspecified atom stereocenters. The quantitative estimate of drug-likeness (QED) is 0.656. The largest absolute Gasteiger partial charge is 0.489 e. The van der Waals surface area contributed by atoms with Crippen LogP contribution in [-0.2, 0) is 11.2 Å². The van der Waals surface area contributed by atoms with Crippen LogP contribution in [0.25, 0.3) is 0 Å². The van der Waals surface area contributed by atoms with Gasteiger partial charge in [-0.3, -0.25) is 4.79 Å². The Morgan fingerprint density at radius 1 is 1.17 bits per heavy atom. The first kappa shape index (κ1) is 15.6. The molecule has 1 aliphatic rings. The summed E-state index contributed by atoms with van der Waals surface area (Å²) in [5.74, 6) is 2.88. The summed E-state index contributed by atoms with van der Waals surface area (Å²) in [5, 5.41) is 3.99. The van der Waals surface area contributed by atoms with Crippen molar-refractivity contribution < 1.29 is 9.53 Å². The highest BCUT2D eigenvalue weighted by atomic mass is 32.2. The number of nitrogens with one attached hydrogen (secondary N) is 1. The average Bonchev–Trinajstić information content (AvgIpc) is 2.53. The number of benzene rings is 2. The van der Waals surface area contributed by atoms with E-state index in [1.54, 1.807) is 6.21 Å². The molecule has 0 radical (unpaired) electrons. The fourth-order valence-electron chi connectivity index (χ4n) is 2.11. The van der Waals surface area contributed by atoms with E-state index in [0.717, 1.165) is 28.4 Å². The molecule has 1 N–H and O–H groups in total. The van der Waals surface area contributed by atoms with Crippen molar-refractivity contribution in [3.8, 4) is 5.75 Å². The van der Waals surface area contributed by atoms with Crippen LogP contribution in [0.3, 0.4) is 0 Å². The number of rotatable bonds is 6. The summed E-state index contributed by atoms with van der Waals surface area (Å²) in [6.45, 7) is 0. The molecule has 0 spiro atoms. The minimum atomic E-state index is -0.130. The molecule has 1 heterocycles. The van der Waals surface area contributed by atoms with Crippen LogP contribution in [-0.4, -0.2) is 29.7 Å². The van der Waals surface area contributed by atoms with Gasteiger partial charge < -0.3 is 4.74 Å². The number of hydrogen-bond donors (Lipinski definition) is 1. The maximum Gasteiger partial charge on any atom is 0.244 e. The lowest BCUT2D eigenvalue weighted by molar-refractivity contribution is -0.120. The molecule has 0 atom stereocenters. The van der Waals surface area contributed by atoms with E-state index in [-0.39, 0.29) is 5.91 Å². The van der Waals surface area contributed by atoms with Crippen LogP contribution in [0, 0.1) is 0 Å². The van der Waals surface area contributed by atoms with Crippen LogP contribution in [0.15, 0.2) is 59.7 Å². The zero-order valence-electron chi connectivity index (χ0n) is 12.6. The summed E-state index contributed by atoms with van der Waals surface area (Å²) in [6, 6.07) is 17.3. The van der Waals surface area contributed by atoms with Crippen molar-refractivity contribution in [2.24, 2.45) is 5.10 Å². The fourth-order valence-corrected chi connectivity index (χ4v) is 2.67. The monoisotopic (exact) mass is 326 g/mol. The van der Waals surface area contributed by atoms with Gasteiger partial charge in [0.2, 0.25) is 5.91 Å². The molecule has 1 amide bonds.